The molecule has 19 nitrogen and oxygen atoms in total. The zero-order valence-electron chi connectivity index (χ0n) is 77.7. The van der Waals surface area contributed by atoms with Crippen LogP contribution < -0.4 is 19.1 Å². The number of esters is 10. The topological polar surface area (TPSA) is 254 Å². The lowest BCUT2D eigenvalue weighted by atomic mass is 9.42. The minimum atomic E-state index is -0.775. The molecule has 8 aromatic rings. The molecular weight excluding hydrogens is 1660 g/mol. The number of ether oxygens (including phenoxy) is 7. The minimum absolute atomic E-state index is 0.0551. The highest BCUT2D eigenvalue weighted by atomic mass is 17.2. The van der Waals surface area contributed by atoms with E-state index < -0.39 is 59.7 Å². The molecule has 688 valence electrons. The molecule has 8 saturated carbocycles. The molecule has 0 radical (unpaired) electrons. The Morgan fingerprint density at radius 3 is 1.17 bits per heavy atom. The van der Waals surface area contributed by atoms with Crippen molar-refractivity contribution in [3.8, 4) is 28.7 Å². The summed E-state index contributed by atoms with van der Waals surface area (Å²) in [4.78, 5) is 136. The lowest BCUT2D eigenvalue weighted by molar-refractivity contribution is -0.217. The Balaban J connectivity index is 0.000000171. The van der Waals surface area contributed by atoms with Crippen molar-refractivity contribution >= 4 is 59.7 Å². The van der Waals surface area contributed by atoms with Crippen molar-refractivity contribution in [2.45, 2.75) is 241 Å². The first-order valence-electron chi connectivity index (χ1n) is 48.8. The number of carbonyl (C=O) groups is 10. The van der Waals surface area contributed by atoms with Crippen LogP contribution in [0.3, 0.4) is 0 Å². The number of carbonyl (C=O) groups excluding carboxylic acids is 10. The Hall–Kier alpha value is -11.2. The highest BCUT2D eigenvalue weighted by Gasteiger charge is 2.65. The maximum Gasteiger partial charge on any atom is 0.347 e. The van der Waals surface area contributed by atoms with Gasteiger partial charge in [0.25, 0.3) is 0 Å². The number of hydrogen-bond acceptors (Lipinski definition) is 19. The molecule has 18 atom stereocenters. The number of fused-ring (bicyclic) bond motifs is 14. The summed E-state index contributed by atoms with van der Waals surface area (Å²) in [5.41, 5.74) is 7.21. The average molecular weight is 1780 g/mol. The number of cyclic esters (lactones) is 8. The van der Waals surface area contributed by atoms with Gasteiger partial charge in [0.05, 0.1) is 55.6 Å². The highest BCUT2D eigenvalue weighted by Crippen LogP contribution is 2.73. The summed E-state index contributed by atoms with van der Waals surface area (Å²) in [5, 5.41) is 0. The molecule has 0 spiro atoms. The van der Waals surface area contributed by atoms with Crippen LogP contribution in [0.25, 0.3) is 0 Å². The van der Waals surface area contributed by atoms with E-state index in [1.165, 1.54) is 152 Å². The first kappa shape index (κ1) is 90.0. The summed E-state index contributed by atoms with van der Waals surface area (Å²) in [5.74, 6) is 5.74. The lowest BCUT2D eigenvalue weighted by Gasteiger charge is -2.63. The molecule has 0 bridgehead atoms. The Bertz CT molecular complexity index is 5940. The second-order valence-electron chi connectivity index (χ2n) is 43.1. The van der Waals surface area contributed by atoms with Crippen molar-refractivity contribution in [1.29, 1.82) is 0 Å². The van der Waals surface area contributed by atoms with Crippen LogP contribution in [0.1, 0.15) is 355 Å². The van der Waals surface area contributed by atoms with Gasteiger partial charge in [0, 0.05) is 10.8 Å². The standard InChI is InChI=1S/C57H62O10.C56H60O9/c1-33(2)8-6-9-34(3)47-22-23-48-44-21-16-39-31-57(27-26-55(39,4)49(44)24-25-56(47,48)5,37-14-17-40(18-15-37)67-63-32-35-12-19-42-45(28-35)53(61)65-51(42)59)38-10-7-11-41(30-38)64-50(58)36-13-20-43-46(29-36)54(62)66-52(43)60;1-32(2)8-6-9-33(3)46-22-23-47-43-20-15-37-31-56(27-26-54(37,4)48(43)24-25-55(46,47)5,35-13-16-38(17-14-35)62-40-18-21-42-45(30-40)53(61)65-51(42)59)36-10-7-11-39(29-36)63-49(57)34-12-19-41-44(28-34)52(60)64-50(41)58/h7,10-15,17-20,28-30,33-34,39,44,47-49H,6,8-9,16,21-27,31-32H2,1-5H3;7,10-14,16-19,21,28-30,32-33,37,43,46-48H,6,8-9,15,20,22-27,31H2,1-5H3. The van der Waals surface area contributed by atoms with E-state index >= 15 is 0 Å². The van der Waals surface area contributed by atoms with Gasteiger partial charge in [-0.3, -0.25) is 0 Å². The summed E-state index contributed by atoms with van der Waals surface area (Å²) in [6, 6.07) is 50.3. The van der Waals surface area contributed by atoms with Gasteiger partial charge in [-0.15, -0.1) is 0 Å². The Labute approximate surface area is 773 Å². The van der Waals surface area contributed by atoms with Gasteiger partial charge in [-0.1, -0.05) is 162 Å². The van der Waals surface area contributed by atoms with Crippen LogP contribution in [0.15, 0.2) is 170 Å². The van der Waals surface area contributed by atoms with Crippen molar-refractivity contribution in [2.75, 3.05) is 0 Å². The molecule has 132 heavy (non-hydrogen) atoms. The van der Waals surface area contributed by atoms with Gasteiger partial charge in [-0.2, -0.15) is 4.89 Å². The summed E-state index contributed by atoms with van der Waals surface area (Å²) in [6.45, 7) is 25.2. The largest absolute Gasteiger partial charge is 0.457 e. The predicted octanol–water partition coefficient (Wildman–Crippen LogP) is 25.2. The molecule has 12 aliphatic rings. The van der Waals surface area contributed by atoms with Gasteiger partial charge in [-0.05, 0) is 363 Å². The Morgan fingerprint density at radius 2 is 0.727 bits per heavy atom. The van der Waals surface area contributed by atoms with Crippen LogP contribution in [0.4, 0.5) is 0 Å². The van der Waals surface area contributed by atoms with E-state index in [1.807, 2.05) is 48.5 Å². The van der Waals surface area contributed by atoms with Crippen molar-refractivity contribution in [2.24, 2.45) is 105 Å². The van der Waals surface area contributed by atoms with Crippen LogP contribution in [0.5, 0.6) is 28.7 Å². The second kappa shape index (κ2) is 35.3. The minimum Gasteiger partial charge on any atom is -0.457 e. The molecule has 18 unspecified atom stereocenters. The van der Waals surface area contributed by atoms with Crippen LogP contribution in [0.2, 0.25) is 0 Å². The third kappa shape index (κ3) is 16.2. The van der Waals surface area contributed by atoms with Crippen molar-refractivity contribution < 1.29 is 90.9 Å². The third-order valence-corrected chi connectivity index (χ3v) is 35.6. The van der Waals surface area contributed by atoms with Gasteiger partial charge < -0.3 is 38.0 Å². The second-order valence-corrected chi connectivity index (χ2v) is 43.1. The van der Waals surface area contributed by atoms with Crippen molar-refractivity contribution in [3.05, 3.63) is 253 Å². The van der Waals surface area contributed by atoms with Crippen LogP contribution in [0, 0.1) is 105 Å². The van der Waals surface area contributed by atoms with Crippen molar-refractivity contribution in [3.63, 3.8) is 0 Å². The molecular formula is C113H122O19. The molecule has 19 heteroatoms. The van der Waals surface area contributed by atoms with E-state index in [0.717, 1.165) is 120 Å². The van der Waals surface area contributed by atoms with Crippen LogP contribution in [-0.4, -0.2) is 59.7 Å². The quantitative estimate of drug-likeness (QED) is 0.0136. The smallest absolute Gasteiger partial charge is 0.347 e. The van der Waals surface area contributed by atoms with E-state index in [2.05, 4.69) is 106 Å². The monoisotopic (exact) mass is 1780 g/mol. The maximum absolute atomic E-state index is 13.6. The van der Waals surface area contributed by atoms with E-state index in [9.17, 15) is 47.9 Å². The molecule has 0 aromatic heterocycles. The molecule has 8 aromatic carbocycles. The van der Waals surface area contributed by atoms with Crippen LogP contribution >= 0.6 is 0 Å². The predicted molar refractivity (Wildman–Crippen MR) is 494 cm³/mol. The van der Waals surface area contributed by atoms with E-state index in [0.29, 0.717) is 68.8 Å². The number of rotatable bonds is 24. The van der Waals surface area contributed by atoms with Gasteiger partial charge in [-0.25, -0.2) is 47.9 Å². The first-order valence-corrected chi connectivity index (χ1v) is 48.8. The third-order valence-electron chi connectivity index (χ3n) is 35.6. The van der Waals surface area contributed by atoms with E-state index in [-0.39, 0.29) is 83.9 Å². The van der Waals surface area contributed by atoms with E-state index in [4.69, 9.17) is 42.9 Å². The summed E-state index contributed by atoms with van der Waals surface area (Å²) in [7, 11) is 0. The first-order chi connectivity index (χ1) is 63.3. The Morgan fingerprint density at radius 1 is 0.341 bits per heavy atom. The molecule has 8 aliphatic carbocycles. The molecule has 0 N–H and O–H groups in total. The zero-order valence-corrected chi connectivity index (χ0v) is 77.7. The summed E-state index contributed by atoms with van der Waals surface area (Å²) < 4.78 is 37.3. The summed E-state index contributed by atoms with van der Waals surface area (Å²) in [6.07, 6.45) is 29.8. The molecule has 20 rings (SSSR count). The average Bonchev–Trinajstić information content (AvgIpc) is 1.19. The number of benzene rings is 8. The molecule has 8 fully saturated rings. The fourth-order valence-electron chi connectivity index (χ4n) is 28.8. The van der Waals surface area contributed by atoms with Gasteiger partial charge >= 0.3 is 59.7 Å². The lowest BCUT2D eigenvalue weighted by Crippen LogP contribution is -2.55. The summed E-state index contributed by atoms with van der Waals surface area (Å²) >= 11 is 0. The maximum atomic E-state index is 13.6. The SMILES string of the molecule is CC(C)CCCC(C)C1CCC2C3CCC4CC(c5ccc(OOCc6ccc7c(c6)C(=O)OC7=O)cc5)(c5cccc(OC(=O)c6ccc7c(c6)C(=O)OC7=O)c5)CCC4(C)C3CCC12C.CC(C)CCCC(C)C1CCC2C3CCC4CC(c5ccc(Oc6ccc7c(c6)C(=O)OC7=O)cc5)(c5cccc(OC(=O)c6ccc7c(c6)C(=O)OC7=O)c5)CCC4(C)C3CCC12C. The van der Waals surface area contributed by atoms with Gasteiger partial charge in [0.2, 0.25) is 0 Å². The van der Waals surface area contributed by atoms with Gasteiger partial charge in [0.1, 0.15) is 29.6 Å². The Kier molecular flexibility index (Phi) is 24.1. The van der Waals surface area contributed by atoms with Crippen LogP contribution in [-0.2, 0) is 41.3 Å². The molecule has 0 saturated heterocycles. The zero-order chi connectivity index (χ0) is 92.2. The fourth-order valence-corrected chi connectivity index (χ4v) is 28.8. The fraction of sp³-hybridized carbons (Fsp3) is 0.487. The molecule has 0 amide bonds. The normalized spacial score (nSPS) is 30.1. The number of hydrogen-bond donors (Lipinski definition) is 0. The highest BCUT2D eigenvalue weighted by molar-refractivity contribution is 6.17. The van der Waals surface area contributed by atoms with Crippen molar-refractivity contribution in [1.82, 2.24) is 0 Å². The van der Waals surface area contributed by atoms with E-state index in [1.54, 1.807) is 48.5 Å². The molecule has 4 aliphatic heterocycles. The molecule has 4 heterocycles. The van der Waals surface area contributed by atoms with Gasteiger partial charge in [0.15, 0.2) is 5.75 Å².